The molecule has 0 atom stereocenters. The zero-order chi connectivity index (χ0) is 20.9. The lowest BCUT2D eigenvalue weighted by Crippen LogP contribution is -2.27. The Bertz CT molecular complexity index is 979. The number of carbonyl (C=O) groups excluding carboxylic acids is 1. The fourth-order valence-electron chi connectivity index (χ4n) is 3.60. The maximum atomic E-state index is 12.7. The van der Waals surface area contributed by atoms with Crippen molar-refractivity contribution in [1.82, 2.24) is 24.6 Å². The summed E-state index contributed by atoms with van der Waals surface area (Å²) in [5.74, 6) is 2.87. The highest BCUT2D eigenvalue weighted by molar-refractivity contribution is 7.99. The molecule has 4 rings (SSSR count). The number of benzene rings is 1. The summed E-state index contributed by atoms with van der Waals surface area (Å²) in [6.07, 6.45) is 2.47. The average molecular weight is 426 g/mol. The zero-order valence-corrected chi connectivity index (χ0v) is 18.3. The molecule has 0 bridgehead atoms. The van der Waals surface area contributed by atoms with E-state index in [1.807, 2.05) is 49.4 Å². The molecular weight excluding hydrogens is 398 g/mol. The third-order valence-corrected chi connectivity index (χ3v) is 6.13. The van der Waals surface area contributed by atoms with Crippen LogP contribution in [0.1, 0.15) is 30.2 Å². The van der Waals surface area contributed by atoms with Crippen molar-refractivity contribution in [2.24, 2.45) is 0 Å². The van der Waals surface area contributed by atoms with Gasteiger partial charge in [-0.1, -0.05) is 30.0 Å². The quantitative estimate of drug-likeness (QED) is 0.515. The lowest BCUT2D eigenvalue weighted by atomic mass is 10.3. The average Bonchev–Trinajstić information content (AvgIpc) is 3.49. The standard InChI is InChI=1S/C22H27N5O2S/c1-17-10-11-19(29-17)14-25(2)21(28)16-30-22-24-23-20(15-26-12-6-7-13-26)27(22)18-8-4-3-5-9-18/h3-5,8-11H,6-7,12-16H2,1-2H3. The van der Waals surface area contributed by atoms with Gasteiger partial charge in [0.1, 0.15) is 11.5 Å². The molecule has 30 heavy (non-hydrogen) atoms. The van der Waals surface area contributed by atoms with E-state index < -0.39 is 0 Å². The van der Waals surface area contributed by atoms with Crippen molar-refractivity contribution in [1.29, 1.82) is 0 Å². The predicted octanol–water partition coefficient (Wildman–Crippen LogP) is 3.52. The topological polar surface area (TPSA) is 67.4 Å². The van der Waals surface area contributed by atoms with Crippen molar-refractivity contribution >= 4 is 17.7 Å². The largest absolute Gasteiger partial charge is 0.464 e. The number of aromatic nitrogens is 3. The number of thioether (sulfide) groups is 1. The maximum Gasteiger partial charge on any atom is 0.233 e. The Morgan fingerprint density at radius 2 is 1.90 bits per heavy atom. The third-order valence-electron chi connectivity index (χ3n) is 5.22. The van der Waals surface area contributed by atoms with Gasteiger partial charge in [0.15, 0.2) is 11.0 Å². The van der Waals surface area contributed by atoms with Gasteiger partial charge >= 0.3 is 0 Å². The summed E-state index contributed by atoms with van der Waals surface area (Å²) in [6, 6.07) is 13.9. The van der Waals surface area contributed by atoms with E-state index in [1.54, 1.807) is 11.9 Å². The minimum absolute atomic E-state index is 0.0257. The number of nitrogens with zero attached hydrogens (tertiary/aromatic N) is 5. The van der Waals surface area contributed by atoms with Gasteiger partial charge in [0.05, 0.1) is 18.8 Å². The normalized spacial score (nSPS) is 14.3. The second-order valence-electron chi connectivity index (χ2n) is 7.60. The minimum Gasteiger partial charge on any atom is -0.464 e. The number of aryl methyl sites for hydroxylation is 1. The maximum absolute atomic E-state index is 12.7. The molecule has 1 fully saturated rings. The van der Waals surface area contributed by atoms with Gasteiger partial charge in [0.25, 0.3) is 0 Å². The van der Waals surface area contributed by atoms with Gasteiger partial charge in [-0.3, -0.25) is 14.3 Å². The highest BCUT2D eigenvalue weighted by Gasteiger charge is 2.20. The minimum atomic E-state index is 0.0257. The highest BCUT2D eigenvalue weighted by atomic mass is 32.2. The number of likely N-dealkylation sites (tertiary alicyclic amines) is 1. The van der Waals surface area contributed by atoms with E-state index in [1.165, 1.54) is 24.6 Å². The summed E-state index contributed by atoms with van der Waals surface area (Å²) < 4.78 is 7.65. The van der Waals surface area contributed by atoms with E-state index >= 15 is 0 Å². The Labute approximate surface area is 181 Å². The molecule has 1 aliphatic rings. The Morgan fingerprint density at radius 1 is 1.13 bits per heavy atom. The van der Waals surface area contributed by atoms with E-state index in [9.17, 15) is 4.79 Å². The molecule has 8 heteroatoms. The number of hydrogen-bond donors (Lipinski definition) is 0. The molecule has 0 aliphatic carbocycles. The molecule has 7 nitrogen and oxygen atoms in total. The van der Waals surface area contributed by atoms with Crippen LogP contribution in [0.15, 0.2) is 52.0 Å². The van der Waals surface area contributed by atoms with Gasteiger partial charge in [-0.2, -0.15) is 0 Å². The molecule has 0 unspecified atom stereocenters. The van der Waals surface area contributed by atoms with Gasteiger partial charge in [-0.05, 0) is 57.1 Å². The molecule has 3 heterocycles. The van der Waals surface area contributed by atoms with Crippen LogP contribution in [0.4, 0.5) is 0 Å². The lowest BCUT2D eigenvalue weighted by molar-refractivity contribution is -0.127. The van der Waals surface area contributed by atoms with Crippen molar-refractivity contribution < 1.29 is 9.21 Å². The molecule has 2 aromatic heterocycles. The summed E-state index contributed by atoms with van der Waals surface area (Å²) >= 11 is 1.42. The van der Waals surface area contributed by atoms with E-state index in [-0.39, 0.29) is 5.91 Å². The number of rotatable bonds is 8. The van der Waals surface area contributed by atoms with Crippen LogP contribution in [0.25, 0.3) is 5.69 Å². The van der Waals surface area contributed by atoms with Crippen molar-refractivity contribution in [3.8, 4) is 5.69 Å². The van der Waals surface area contributed by atoms with Crippen LogP contribution in [-0.2, 0) is 17.9 Å². The van der Waals surface area contributed by atoms with Crippen molar-refractivity contribution in [2.75, 3.05) is 25.9 Å². The van der Waals surface area contributed by atoms with Gasteiger partial charge in [-0.25, -0.2) is 0 Å². The number of furan rings is 1. The molecule has 3 aromatic rings. The monoisotopic (exact) mass is 425 g/mol. The number of carbonyl (C=O) groups is 1. The van der Waals surface area contributed by atoms with E-state index in [4.69, 9.17) is 4.42 Å². The first-order valence-corrected chi connectivity index (χ1v) is 11.2. The zero-order valence-electron chi connectivity index (χ0n) is 17.5. The third kappa shape index (κ3) is 4.94. The van der Waals surface area contributed by atoms with E-state index in [0.29, 0.717) is 12.3 Å². The summed E-state index contributed by atoms with van der Waals surface area (Å²) in [5, 5.41) is 9.61. The molecule has 0 saturated carbocycles. The van der Waals surface area contributed by atoms with Crippen LogP contribution in [0.5, 0.6) is 0 Å². The smallest absolute Gasteiger partial charge is 0.233 e. The molecule has 0 spiro atoms. The Morgan fingerprint density at radius 3 is 2.60 bits per heavy atom. The van der Waals surface area contributed by atoms with Crippen molar-refractivity contribution in [3.05, 3.63) is 59.8 Å². The van der Waals surface area contributed by atoms with Crippen LogP contribution in [-0.4, -0.2) is 56.4 Å². The predicted molar refractivity (Wildman–Crippen MR) is 117 cm³/mol. The summed E-state index contributed by atoms with van der Waals surface area (Å²) in [6.45, 7) is 5.32. The Kier molecular flexibility index (Phi) is 6.54. The second-order valence-corrected chi connectivity index (χ2v) is 8.55. The van der Waals surface area contributed by atoms with Gasteiger partial charge in [-0.15, -0.1) is 10.2 Å². The summed E-state index contributed by atoms with van der Waals surface area (Å²) in [4.78, 5) is 16.7. The van der Waals surface area contributed by atoms with E-state index in [2.05, 4.69) is 19.7 Å². The van der Waals surface area contributed by atoms with Crippen molar-refractivity contribution in [3.63, 3.8) is 0 Å². The summed E-state index contributed by atoms with van der Waals surface area (Å²) in [7, 11) is 1.79. The molecule has 0 radical (unpaired) electrons. The molecule has 158 valence electrons. The fraction of sp³-hybridized carbons (Fsp3) is 0.409. The Hall–Kier alpha value is -2.58. The first-order chi connectivity index (χ1) is 14.6. The number of para-hydroxylation sites is 1. The number of amides is 1. The Balaban J connectivity index is 1.46. The molecular formula is C22H27N5O2S. The summed E-state index contributed by atoms with van der Waals surface area (Å²) in [5.41, 5.74) is 1.02. The highest BCUT2D eigenvalue weighted by Crippen LogP contribution is 2.24. The van der Waals surface area contributed by atoms with Gasteiger partial charge in [0.2, 0.25) is 5.91 Å². The second kappa shape index (κ2) is 9.49. The van der Waals surface area contributed by atoms with Crippen LogP contribution < -0.4 is 0 Å². The molecule has 1 saturated heterocycles. The lowest BCUT2D eigenvalue weighted by Gasteiger charge is -2.17. The van der Waals surface area contributed by atoms with Gasteiger partial charge < -0.3 is 9.32 Å². The van der Waals surface area contributed by atoms with Crippen LogP contribution in [0.3, 0.4) is 0 Å². The number of hydrogen-bond acceptors (Lipinski definition) is 6. The molecule has 1 aromatic carbocycles. The SMILES string of the molecule is Cc1ccc(CN(C)C(=O)CSc2nnc(CN3CCCC3)n2-c2ccccc2)o1. The van der Waals surface area contributed by atoms with Gasteiger partial charge in [0, 0.05) is 12.7 Å². The van der Waals surface area contributed by atoms with Crippen molar-refractivity contribution in [2.45, 2.75) is 38.0 Å². The molecule has 0 N–H and O–H groups in total. The van der Waals surface area contributed by atoms with Crippen LogP contribution in [0, 0.1) is 6.92 Å². The van der Waals surface area contributed by atoms with Crippen LogP contribution in [0.2, 0.25) is 0 Å². The van der Waals surface area contributed by atoms with Crippen LogP contribution >= 0.6 is 11.8 Å². The molecule has 1 aliphatic heterocycles. The molecule has 1 amide bonds. The first kappa shape index (κ1) is 20.7. The fourth-order valence-corrected chi connectivity index (χ4v) is 4.51. The first-order valence-electron chi connectivity index (χ1n) is 10.2. The van der Waals surface area contributed by atoms with E-state index in [0.717, 1.165) is 47.8 Å².